The van der Waals surface area contributed by atoms with Crippen LogP contribution < -0.4 is 4.74 Å². The molecule has 0 saturated heterocycles. The van der Waals surface area contributed by atoms with Gasteiger partial charge in [0.15, 0.2) is 0 Å². The average Bonchev–Trinajstić information content (AvgIpc) is 2.88. The van der Waals surface area contributed by atoms with Crippen LogP contribution in [0, 0.1) is 0 Å². The third-order valence-electron chi connectivity index (χ3n) is 2.13. The Morgan fingerprint density at radius 3 is 2.65 bits per heavy atom. The largest absolute Gasteiger partial charge is 0.489 e. The van der Waals surface area contributed by atoms with Gasteiger partial charge in [0.1, 0.15) is 25.2 Å². The summed E-state index contributed by atoms with van der Waals surface area (Å²) >= 11 is 0. The molecule has 2 aromatic rings. The first kappa shape index (κ1) is 11.2. The van der Waals surface area contributed by atoms with Gasteiger partial charge >= 0.3 is 0 Å². The molecule has 5 nitrogen and oxygen atoms in total. The predicted molar refractivity (Wildman–Crippen MR) is 58.1 cm³/mol. The highest BCUT2D eigenvalue weighted by Gasteiger charge is 1.99. The molecule has 0 amide bonds. The van der Waals surface area contributed by atoms with Gasteiger partial charge in [-0.25, -0.2) is 0 Å². The van der Waals surface area contributed by atoms with Crippen LogP contribution in [0.3, 0.4) is 0 Å². The highest BCUT2D eigenvalue weighted by Crippen LogP contribution is 2.14. The summed E-state index contributed by atoms with van der Waals surface area (Å²) in [4.78, 5) is 10.0. The number of hydrogen-bond donors (Lipinski definition) is 0. The van der Waals surface area contributed by atoms with E-state index in [2.05, 4.69) is 14.4 Å². The van der Waals surface area contributed by atoms with Crippen molar-refractivity contribution in [2.45, 2.75) is 13.2 Å². The number of ether oxygens (including phenoxy) is 2. The van der Waals surface area contributed by atoms with Gasteiger partial charge in [0.2, 0.25) is 0 Å². The molecule has 1 aromatic carbocycles. The summed E-state index contributed by atoms with van der Waals surface area (Å²) in [6.07, 6.45) is 3.14. The van der Waals surface area contributed by atoms with Crippen molar-refractivity contribution in [3.8, 4) is 5.75 Å². The summed E-state index contributed by atoms with van der Waals surface area (Å²) in [6, 6.07) is 7.31. The van der Waals surface area contributed by atoms with Crippen LogP contribution in [0.15, 0.2) is 41.2 Å². The molecule has 0 aliphatic rings. The van der Waals surface area contributed by atoms with Gasteiger partial charge in [0.05, 0.1) is 6.20 Å². The van der Waals surface area contributed by atoms with Gasteiger partial charge in [-0.1, -0.05) is 17.3 Å². The number of hydrogen-bond acceptors (Lipinski definition) is 5. The monoisotopic (exact) mass is 233 g/mol. The van der Waals surface area contributed by atoms with E-state index in [0.29, 0.717) is 13.1 Å². The fourth-order valence-electron chi connectivity index (χ4n) is 1.28. The topological polar surface area (TPSA) is 61.6 Å². The fraction of sp³-hybridized carbons (Fsp3) is 0.167. The molecular formula is C12H11NO4. The minimum absolute atomic E-state index is 0.273. The van der Waals surface area contributed by atoms with Gasteiger partial charge in [-0.05, 0) is 17.7 Å². The van der Waals surface area contributed by atoms with E-state index in [1.165, 1.54) is 6.26 Å². The van der Waals surface area contributed by atoms with Crippen LogP contribution >= 0.6 is 0 Å². The quantitative estimate of drug-likeness (QED) is 0.713. The molecule has 0 saturated carbocycles. The Balaban J connectivity index is 1.87. The lowest BCUT2D eigenvalue weighted by Crippen LogP contribution is -1.94. The molecule has 17 heavy (non-hydrogen) atoms. The van der Waals surface area contributed by atoms with E-state index in [9.17, 15) is 4.79 Å². The summed E-state index contributed by atoms with van der Waals surface area (Å²) in [5.41, 5.74) is 1.78. The Kier molecular flexibility index (Phi) is 3.75. The molecule has 0 aliphatic carbocycles. The van der Waals surface area contributed by atoms with E-state index in [1.807, 2.05) is 24.3 Å². The Morgan fingerprint density at radius 1 is 1.18 bits per heavy atom. The smallest absolute Gasteiger partial charge is 0.293 e. The zero-order chi connectivity index (χ0) is 11.9. The summed E-state index contributed by atoms with van der Waals surface area (Å²) in [5.74, 6) is 0.737. The highest BCUT2D eigenvalue weighted by molar-refractivity contribution is 5.37. The minimum Gasteiger partial charge on any atom is -0.489 e. The second-order valence-electron chi connectivity index (χ2n) is 3.37. The van der Waals surface area contributed by atoms with Crippen molar-refractivity contribution in [2.24, 2.45) is 0 Å². The lowest BCUT2D eigenvalue weighted by molar-refractivity contribution is -0.129. The Morgan fingerprint density at radius 2 is 2.00 bits per heavy atom. The first-order valence-electron chi connectivity index (χ1n) is 5.04. The number of rotatable bonds is 6. The van der Waals surface area contributed by atoms with Crippen molar-refractivity contribution in [3.63, 3.8) is 0 Å². The molecule has 0 spiro atoms. The maximum atomic E-state index is 10.0. The van der Waals surface area contributed by atoms with Crippen LogP contribution in [0.25, 0.3) is 0 Å². The zero-order valence-electron chi connectivity index (χ0n) is 9.04. The number of benzene rings is 1. The van der Waals surface area contributed by atoms with E-state index >= 15 is 0 Å². The molecule has 0 fully saturated rings. The van der Waals surface area contributed by atoms with E-state index in [4.69, 9.17) is 4.74 Å². The van der Waals surface area contributed by atoms with Crippen LogP contribution in [0.5, 0.6) is 5.75 Å². The normalized spacial score (nSPS) is 9.88. The molecule has 88 valence electrons. The molecule has 1 aromatic heterocycles. The average molecular weight is 233 g/mol. The third-order valence-corrected chi connectivity index (χ3v) is 2.13. The van der Waals surface area contributed by atoms with Gasteiger partial charge in [-0.3, -0.25) is 4.79 Å². The second kappa shape index (κ2) is 5.69. The SMILES string of the molecule is O=COCc1ccc(OCc2cnoc2)cc1. The van der Waals surface area contributed by atoms with Crippen LogP contribution in [0.2, 0.25) is 0 Å². The number of carbonyl (C=O) groups is 1. The summed E-state index contributed by atoms with van der Waals surface area (Å²) in [5, 5.41) is 3.58. The molecule has 0 atom stereocenters. The van der Waals surface area contributed by atoms with Crippen LogP contribution in [0.1, 0.15) is 11.1 Å². The number of nitrogens with zero attached hydrogens (tertiary/aromatic N) is 1. The van der Waals surface area contributed by atoms with Gasteiger partial charge in [-0.2, -0.15) is 0 Å². The van der Waals surface area contributed by atoms with Crippen molar-refractivity contribution < 1.29 is 18.8 Å². The van der Waals surface area contributed by atoms with E-state index < -0.39 is 0 Å². The number of carbonyl (C=O) groups excluding carboxylic acids is 1. The van der Waals surface area contributed by atoms with Crippen LogP contribution in [0.4, 0.5) is 0 Å². The highest BCUT2D eigenvalue weighted by atomic mass is 16.5. The molecule has 1 heterocycles. The minimum atomic E-state index is 0.273. The molecule has 0 bridgehead atoms. The Hall–Kier alpha value is -2.30. The molecule has 2 rings (SSSR count). The van der Waals surface area contributed by atoms with Gasteiger partial charge < -0.3 is 14.0 Å². The zero-order valence-corrected chi connectivity index (χ0v) is 9.04. The third kappa shape index (κ3) is 3.34. The maximum absolute atomic E-state index is 10.0. The van der Waals surface area contributed by atoms with Crippen molar-refractivity contribution in [2.75, 3.05) is 0 Å². The van der Waals surface area contributed by atoms with Crippen LogP contribution in [-0.4, -0.2) is 11.6 Å². The molecule has 0 radical (unpaired) electrons. The van der Waals surface area contributed by atoms with E-state index in [1.54, 1.807) is 6.20 Å². The summed E-state index contributed by atoms with van der Waals surface area (Å²) < 4.78 is 14.8. The second-order valence-corrected chi connectivity index (χ2v) is 3.37. The van der Waals surface area contributed by atoms with E-state index in [0.717, 1.165) is 16.9 Å². The molecule has 0 unspecified atom stereocenters. The molecule has 0 aliphatic heterocycles. The fourth-order valence-corrected chi connectivity index (χ4v) is 1.28. The summed E-state index contributed by atoms with van der Waals surface area (Å²) in [7, 11) is 0. The number of aromatic nitrogens is 1. The van der Waals surface area contributed by atoms with E-state index in [-0.39, 0.29) is 6.61 Å². The Labute approximate surface area is 97.9 Å². The summed E-state index contributed by atoms with van der Waals surface area (Å²) in [6.45, 7) is 1.11. The van der Waals surface area contributed by atoms with Crippen molar-refractivity contribution >= 4 is 6.47 Å². The first-order chi connectivity index (χ1) is 8.38. The van der Waals surface area contributed by atoms with Gasteiger partial charge in [-0.15, -0.1) is 0 Å². The lowest BCUT2D eigenvalue weighted by Gasteiger charge is -2.05. The standard InChI is InChI=1S/C12H11NO4/c14-9-15-6-10-1-3-12(4-2-10)16-7-11-5-13-17-8-11/h1-5,8-9H,6-7H2. The molecular weight excluding hydrogens is 222 g/mol. The van der Waals surface area contributed by atoms with Gasteiger partial charge in [0.25, 0.3) is 6.47 Å². The predicted octanol–water partition coefficient (Wildman–Crippen LogP) is 1.93. The first-order valence-corrected chi connectivity index (χ1v) is 5.04. The van der Waals surface area contributed by atoms with Crippen molar-refractivity contribution in [1.29, 1.82) is 0 Å². The molecule has 0 N–H and O–H groups in total. The maximum Gasteiger partial charge on any atom is 0.293 e. The van der Waals surface area contributed by atoms with Crippen molar-refractivity contribution in [1.82, 2.24) is 5.16 Å². The Bertz CT molecular complexity index is 450. The van der Waals surface area contributed by atoms with Crippen LogP contribution in [-0.2, 0) is 22.7 Å². The lowest BCUT2D eigenvalue weighted by atomic mass is 10.2. The molecule has 5 heteroatoms. The van der Waals surface area contributed by atoms with Crippen molar-refractivity contribution in [3.05, 3.63) is 47.9 Å². The van der Waals surface area contributed by atoms with Gasteiger partial charge in [0, 0.05) is 5.56 Å².